The molecular weight excluding hydrogens is 230 g/mol. The van der Waals surface area contributed by atoms with Crippen LogP contribution >= 0.6 is 0 Å². The number of rotatable bonds is 5. The Balaban J connectivity index is 2.27. The monoisotopic (exact) mass is 249 g/mol. The molecule has 0 bridgehead atoms. The van der Waals surface area contributed by atoms with Gasteiger partial charge in [-0.2, -0.15) is 0 Å². The zero-order valence-corrected chi connectivity index (χ0v) is 10.9. The molecule has 1 heterocycles. The first kappa shape index (κ1) is 12.9. The van der Waals surface area contributed by atoms with Gasteiger partial charge in [-0.25, -0.2) is 0 Å². The molecule has 0 saturated carbocycles. The van der Waals surface area contributed by atoms with Crippen LogP contribution in [0.3, 0.4) is 0 Å². The molecule has 18 heavy (non-hydrogen) atoms. The molecule has 98 valence electrons. The molecule has 1 aromatic rings. The highest BCUT2D eigenvalue weighted by Crippen LogP contribution is 2.32. The van der Waals surface area contributed by atoms with Crippen molar-refractivity contribution in [1.82, 2.24) is 5.32 Å². The minimum Gasteiger partial charge on any atom is -0.493 e. The van der Waals surface area contributed by atoms with Crippen molar-refractivity contribution in [3.63, 3.8) is 0 Å². The summed E-state index contributed by atoms with van der Waals surface area (Å²) in [6.07, 6.45) is 4.14. The van der Waals surface area contributed by atoms with Crippen LogP contribution < -0.4 is 14.8 Å². The molecule has 1 atom stereocenters. The molecule has 1 aliphatic rings. The van der Waals surface area contributed by atoms with Gasteiger partial charge in [0.25, 0.3) is 0 Å². The second kappa shape index (κ2) is 5.87. The SMILES string of the molecule is COc1cc(CC2CCCN2)cc(C=O)c1OC. The van der Waals surface area contributed by atoms with Crippen LogP contribution in [0, 0.1) is 0 Å². The first-order valence-corrected chi connectivity index (χ1v) is 6.22. The molecule has 0 amide bonds. The van der Waals surface area contributed by atoms with E-state index in [4.69, 9.17) is 9.47 Å². The average Bonchev–Trinajstić information content (AvgIpc) is 2.90. The van der Waals surface area contributed by atoms with Gasteiger partial charge in [0.1, 0.15) is 0 Å². The third kappa shape index (κ3) is 2.64. The number of carbonyl (C=O) groups excluding carboxylic acids is 1. The largest absolute Gasteiger partial charge is 0.493 e. The first-order valence-electron chi connectivity index (χ1n) is 6.22. The van der Waals surface area contributed by atoms with E-state index in [1.54, 1.807) is 14.2 Å². The summed E-state index contributed by atoms with van der Waals surface area (Å²) < 4.78 is 10.5. The van der Waals surface area contributed by atoms with Crippen LogP contribution in [0.5, 0.6) is 11.5 Å². The second-order valence-electron chi connectivity index (χ2n) is 4.54. The topological polar surface area (TPSA) is 47.6 Å². The number of hydrogen-bond donors (Lipinski definition) is 1. The molecule has 1 fully saturated rings. The smallest absolute Gasteiger partial charge is 0.171 e. The molecule has 1 N–H and O–H groups in total. The molecule has 0 radical (unpaired) electrons. The fourth-order valence-electron chi connectivity index (χ4n) is 2.47. The number of methoxy groups -OCH3 is 2. The molecule has 4 nitrogen and oxygen atoms in total. The number of nitrogens with one attached hydrogen (secondary N) is 1. The Morgan fingerprint density at radius 3 is 2.78 bits per heavy atom. The Labute approximate surface area is 107 Å². The average molecular weight is 249 g/mol. The van der Waals surface area contributed by atoms with Gasteiger partial charge in [-0.1, -0.05) is 0 Å². The van der Waals surface area contributed by atoms with Gasteiger partial charge in [-0.3, -0.25) is 4.79 Å². The highest BCUT2D eigenvalue weighted by molar-refractivity contribution is 5.81. The van der Waals surface area contributed by atoms with Crippen molar-refractivity contribution >= 4 is 6.29 Å². The minimum atomic E-state index is 0.502. The van der Waals surface area contributed by atoms with Crippen molar-refractivity contribution in [1.29, 1.82) is 0 Å². The van der Waals surface area contributed by atoms with Gasteiger partial charge in [0, 0.05) is 6.04 Å². The fourth-order valence-corrected chi connectivity index (χ4v) is 2.47. The summed E-state index contributed by atoms with van der Waals surface area (Å²) >= 11 is 0. The lowest BCUT2D eigenvalue weighted by Gasteiger charge is -2.14. The van der Waals surface area contributed by atoms with E-state index >= 15 is 0 Å². The third-order valence-electron chi connectivity index (χ3n) is 3.34. The lowest BCUT2D eigenvalue weighted by Crippen LogP contribution is -2.23. The maximum absolute atomic E-state index is 11.1. The molecule has 1 aromatic carbocycles. The van der Waals surface area contributed by atoms with Gasteiger partial charge < -0.3 is 14.8 Å². The van der Waals surface area contributed by atoms with Gasteiger partial charge in [-0.05, 0) is 43.5 Å². The van der Waals surface area contributed by atoms with Crippen molar-refractivity contribution in [2.24, 2.45) is 0 Å². The van der Waals surface area contributed by atoms with E-state index in [0.717, 1.165) is 24.8 Å². The summed E-state index contributed by atoms with van der Waals surface area (Å²) in [4.78, 5) is 11.1. The van der Waals surface area contributed by atoms with Crippen molar-refractivity contribution in [2.45, 2.75) is 25.3 Å². The quantitative estimate of drug-likeness (QED) is 0.808. The Bertz CT molecular complexity index is 425. The number of hydrogen-bond acceptors (Lipinski definition) is 4. The number of carbonyl (C=O) groups is 1. The second-order valence-corrected chi connectivity index (χ2v) is 4.54. The predicted octanol–water partition coefficient (Wildman–Crippen LogP) is 1.81. The molecule has 1 saturated heterocycles. The van der Waals surface area contributed by atoms with Crippen LogP contribution in [0.1, 0.15) is 28.8 Å². The Morgan fingerprint density at radius 1 is 1.39 bits per heavy atom. The van der Waals surface area contributed by atoms with Gasteiger partial charge in [-0.15, -0.1) is 0 Å². The van der Waals surface area contributed by atoms with Crippen LogP contribution in [0.2, 0.25) is 0 Å². The maximum Gasteiger partial charge on any atom is 0.171 e. The summed E-state index contributed by atoms with van der Waals surface area (Å²) in [5, 5.41) is 3.45. The number of benzene rings is 1. The Kier molecular flexibility index (Phi) is 4.20. The summed E-state index contributed by atoms with van der Waals surface area (Å²) in [7, 11) is 3.13. The molecule has 0 aliphatic carbocycles. The number of aldehydes is 1. The molecule has 1 aliphatic heterocycles. The van der Waals surface area contributed by atoms with E-state index in [2.05, 4.69) is 5.32 Å². The molecule has 4 heteroatoms. The van der Waals surface area contributed by atoms with Crippen LogP contribution in [0.4, 0.5) is 0 Å². The lowest BCUT2D eigenvalue weighted by molar-refractivity contribution is 0.112. The molecule has 1 unspecified atom stereocenters. The van der Waals surface area contributed by atoms with Crippen molar-refractivity contribution in [3.05, 3.63) is 23.3 Å². The highest BCUT2D eigenvalue weighted by Gasteiger charge is 2.17. The minimum absolute atomic E-state index is 0.502. The summed E-state index contributed by atoms with van der Waals surface area (Å²) in [6.45, 7) is 1.08. The van der Waals surface area contributed by atoms with Crippen LogP contribution in [0.15, 0.2) is 12.1 Å². The lowest BCUT2D eigenvalue weighted by atomic mass is 10.0. The van der Waals surface area contributed by atoms with Gasteiger partial charge in [0.2, 0.25) is 0 Å². The fraction of sp³-hybridized carbons (Fsp3) is 0.500. The van der Waals surface area contributed by atoms with E-state index in [1.807, 2.05) is 12.1 Å². The van der Waals surface area contributed by atoms with Gasteiger partial charge in [0.05, 0.1) is 19.8 Å². The maximum atomic E-state index is 11.1. The van der Waals surface area contributed by atoms with Crippen LogP contribution in [-0.4, -0.2) is 33.1 Å². The predicted molar refractivity (Wildman–Crippen MR) is 69.7 cm³/mol. The van der Waals surface area contributed by atoms with Crippen molar-refractivity contribution < 1.29 is 14.3 Å². The van der Waals surface area contributed by atoms with Crippen molar-refractivity contribution in [2.75, 3.05) is 20.8 Å². The van der Waals surface area contributed by atoms with Crippen LogP contribution in [0.25, 0.3) is 0 Å². The van der Waals surface area contributed by atoms with Gasteiger partial charge >= 0.3 is 0 Å². The van der Waals surface area contributed by atoms with E-state index in [9.17, 15) is 4.79 Å². The van der Waals surface area contributed by atoms with Crippen molar-refractivity contribution in [3.8, 4) is 11.5 Å². The summed E-state index contributed by atoms with van der Waals surface area (Å²) in [5.41, 5.74) is 1.65. The van der Waals surface area contributed by atoms with Crippen LogP contribution in [-0.2, 0) is 6.42 Å². The normalized spacial score (nSPS) is 18.7. The van der Waals surface area contributed by atoms with E-state index in [0.29, 0.717) is 23.1 Å². The molecular formula is C14H19NO3. The zero-order chi connectivity index (χ0) is 13.0. The number of ether oxygens (including phenoxy) is 2. The Hall–Kier alpha value is -1.55. The highest BCUT2D eigenvalue weighted by atomic mass is 16.5. The standard InChI is InChI=1S/C14H19NO3/c1-17-13-8-10(7-12-4-3-5-15-12)6-11(9-16)14(13)18-2/h6,8-9,12,15H,3-5,7H2,1-2H3. The van der Waals surface area contributed by atoms with E-state index < -0.39 is 0 Å². The summed E-state index contributed by atoms with van der Waals surface area (Å²) in [6, 6.07) is 4.34. The molecule has 0 aromatic heterocycles. The van der Waals surface area contributed by atoms with E-state index in [1.165, 1.54) is 12.8 Å². The first-order chi connectivity index (χ1) is 8.78. The Morgan fingerprint density at radius 2 is 2.22 bits per heavy atom. The zero-order valence-electron chi connectivity index (χ0n) is 10.9. The summed E-state index contributed by atoms with van der Waals surface area (Å²) in [5.74, 6) is 1.13. The molecule has 0 spiro atoms. The molecule has 2 rings (SSSR count). The van der Waals surface area contributed by atoms with Gasteiger partial charge in [0.15, 0.2) is 17.8 Å². The third-order valence-corrected chi connectivity index (χ3v) is 3.34. The van der Waals surface area contributed by atoms with E-state index in [-0.39, 0.29) is 0 Å².